The average molecular weight is 472 g/mol. The number of aromatic nitrogens is 1. The van der Waals surface area contributed by atoms with E-state index in [1.165, 1.54) is 4.90 Å². The molecule has 0 bridgehead atoms. The van der Waals surface area contributed by atoms with Gasteiger partial charge in [0.05, 0.1) is 18.2 Å². The van der Waals surface area contributed by atoms with Gasteiger partial charge in [-0.05, 0) is 66.9 Å². The third kappa shape index (κ3) is 4.75. The molecule has 3 aromatic rings. The highest BCUT2D eigenvalue weighted by Crippen LogP contribution is 2.41. The Hall–Kier alpha value is -4.13. The monoisotopic (exact) mass is 471 g/mol. The number of hydrogen-bond acceptors (Lipinski definition) is 6. The summed E-state index contributed by atoms with van der Waals surface area (Å²) in [5.74, 6) is -0.860. The summed E-state index contributed by atoms with van der Waals surface area (Å²) < 4.78 is 5.60. The first kappa shape index (κ1) is 24.0. The molecule has 0 aliphatic carbocycles. The summed E-state index contributed by atoms with van der Waals surface area (Å²) in [4.78, 5) is 34.1. The number of aliphatic hydroxyl groups excluding tert-OH is 1. The molecule has 1 aliphatic rings. The Labute approximate surface area is 205 Å². The lowest BCUT2D eigenvalue weighted by molar-refractivity contribution is -0.140. The number of likely N-dealkylation sites (tertiary alicyclic amines) is 1. The highest BCUT2D eigenvalue weighted by Gasteiger charge is 2.46. The summed E-state index contributed by atoms with van der Waals surface area (Å²) in [6, 6.07) is 15.8. The van der Waals surface area contributed by atoms with Crippen LogP contribution in [0, 0.1) is 6.92 Å². The predicted octanol–water partition coefficient (Wildman–Crippen LogP) is 4.48. The van der Waals surface area contributed by atoms with E-state index in [1.54, 1.807) is 36.7 Å². The molecule has 0 saturated carbocycles. The minimum absolute atomic E-state index is 0.0695. The third-order valence-electron chi connectivity index (χ3n) is 6.09. The zero-order valence-corrected chi connectivity index (χ0v) is 20.4. The molecule has 1 aromatic heterocycles. The molecule has 7 nitrogen and oxygen atoms in total. The van der Waals surface area contributed by atoms with Crippen molar-refractivity contribution in [3.8, 4) is 5.75 Å². The van der Waals surface area contributed by atoms with E-state index in [4.69, 9.17) is 4.74 Å². The number of aliphatic hydroxyl groups is 1. The van der Waals surface area contributed by atoms with Gasteiger partial charge >= 0.3 is 0 Å². The van der Waals surface area contributed by atoms with Gasteiger partial charge in [-0.3, -0.25) is 14.6 Å². The van der Waals surface area contributed by atoms with E-state index in [0.717, 1.165) is 22.4 Å². The number of aryl methyl sites for hydroxylation is 1. The molecule has 0 spiro atoms. The number of hydrogen-bond donors (Lipinski definition) is 1. The molecule has 2 aromatic carbocycles. The number of amides is 1. The predicted molar refractivity (Wildman–Crippen MR) is 135 cm³/mol. The molecule has 1 atom stereocenters. The Morgan fingerprint density at radius 2 is 1.86 bits per heavy atom. The minimum Gasteiger partial charge on any atom is -0.507 e. The Balaban J connectivity index is 1.84. The number of ketones is 1. The van der Waals surface area contributed by atoms with Gasteiger partial charge in [0.25, 0.3) is 11.7 Å². The van der Waals surface area contributed by atoms with Crippen LogP contribution in [0.4, 0.5) is 5.69 Å². The Morgan fingerprint density at radius 1 is 1.11 bits per heavy atom. The molecular weight excluding hydrogens is 442 g/mol. The molecule has 1 fully saturated rings. The SMILES string of the molecule is CCOc1ccc(/C(O)=C2/C(=O)C(=O)N(Cc3cccnc3)C2c2ccc(N(C)C)cc2)cc1C. The van der Waals surface area contributed by atoms with E-state index < -0.39 is 17.7 Å². The maximum atomic E-state index is 13.3. The second-order valence-electron chi connectivity index (χ2n) is 8.69. The van der Waals surface area contributed by atoms with Crippen molar-refractivity contribution in [1.82, 2.24) is 9.88 Å². The first-order valence-electron chi connectivity index (χ1n) is 11.5. The van der Waals surface area contributed by atoms with Crippen LogP contribution in [0.3, 0.4) is 0 Å². The molecule has 180 valence electrons. The van der Waals surface area contributed by atoms with Crippen molar-refractivity contribution < 1.29 is 19.4 Å². The summed E-state index contributed by atoms with van der Waals surface area (Å²) in [7, 11) is 3.88. The fourth-order valence-electron chi connectivity index (χ4n) is 4.30. The van der Waals surface area contributed by atoms with Crippen LogP contribution in [0.25, 0.3) is 5.76 Å². The smallest absolute Gasteiger partial charge is 0.295 e. The van der Waals surface area contributed by atoms with Gasteiger partial charge in [0, 0.05) is 44.3 Å². The number of nitrogens with zero attached hydrogens (tertiary/aromatic N) is 3. The van der Waals surface area contributed by atoms with Gasteiger partial charge in [-0.25, -0.2) is 0 Å². The van der Waals surface area contributed by atoms with Crippen LogP contribution in [0.1, 0.15) is 35.2 Å². The summed E-state index contributed by atoms with van der Waals surface area (Å²) in [6.45, 7) is 4.49. The van der Waals surface area contributed by atoms with Crippen molar-refractivity contribution in [3.63, 3.8) is 0 Å². The number of Topliss-reactive ketones (excluding diaryl/α,β-unsaturated/α-hetero) is 1. The van der Waals surface area contributed by atoms with Gasteiger partial charge in [-0.15, -0.1) is 0 Å². The van der Waals surface area contributed by atoms with Crippen molar-refractivity contribution in [1.29, 1.82) is 0 Å². The first-order chi connectivity index (χ1) is 16.8. The number of carbonyl (C=O) groups excluding carboxylic acids is 2. The van der Waals surface area contributed by atoms with Gasteiger partial charge in [0.1, 0.15) is 11.5 Å². The Kier molecular flexibility index (Phi) is 6.87. The number of pyridine rings is 1. The summed E-state index contributed by atoms with van der Waals surface area (Å²) in [5, 5.41) is 11.3. The van der Waals surface area contributed by atoms with Crippen molar-refractivity contribution in [3.05, 3.63) is 94.8 Å². The van der Waals surface area contributed by atoms with E-state index in [-0.39, 0.29) is 17.9 Å². The Morgan fingerprint density at radius 3 is 2.46 bits per heavy atom. The van der Waals surface area contributed by atoms with Crippen LogP contribution in [-0.2, 0) is 16.1 Å². The normalized spacial score (nSPS) is 17.0. The topological polar surface area (TPSA) is 83.0 Å². The van der Waals surface area contributed by atoms with Crippen molar-refractivity contribution in [2.24, 2.45) is 0 Å². The van der Waals surface area contributed by atoms with E-state index >= 15 is 0 Å². The van der Waals surface area contributed by atoms with Gasteiger partial charge in [-0.1, -0.05) is 18.2 Å². The minimum atomic E-state index is -0.738. The van der Waals surface area contributed by atoms with Gasteiger partial charge < -0.3 is 19.6 Å². The number of benzene rings is 2. The zero-order chi connectivity index (χ0) is 25.1. The lowest BCUT2D eigenvalue weighted by atomic mass is 9.94. The molecule has 4 rings (SSSR count). The van der Waals surface area contributed by atoms with Crippen LogP contribution in [0.5, 0.6) is 5.75 Å². The summed E-state index contributed by atoms with van der Waals surface area (Å²) in [6.07, 6.45) is 3.32. The molecule has 2 heterocycles. The molecule has 1 N–H and O–H groups in total. The van der Waals surface area contributed by atoms with Crippen LogP contribution in [-0.4, -0.2) is 47.4 Å². The largest absolute Gasteiger partial charge is 0.507 e. The average Bonchev–Trinajstić information content (AvgIpc) is 3.10. The highest BCUT2D eigenvalue weighted by atomic mass is 16.5. The van der Waals surface area contributed by atoms with Crippen molar-refractivity contribution in [2.45, 2.75) is 26.4 Å². The van der Waals surface area contributed by atoms with Crippen LogP contribution < -0.4 is 9.64 Å². The van der Waals surface area contributed by atoms with E-state index in [0.29, 0.717) is 17.9 Å². The molecule has 35 heavy (non-hydrogen) atoms. The fourth-order valence-corrected chi connectivity index (χ4v) is 4.30. The molecule has 1 saturated heterocycles. The van der Waals surface area contributed by atoms with Crippen molar-refractivity contribution in [2.75, 3.05) is 25.6 Å². The third-order valence-corrected chi connectivity index (χ3v) is 6.09. The van der Waals surface area contributed by atoms with Crippen LogP contribution in [0.2, 0.25) is 0 Å². The molecule has 0 radical (unpaired) electrons. The lowest BCUT2D eigenvalue weighted by Crippen LogP contribution is -2.29. The number of carbonyl (C=O) groups is 2. The number of rotatable bonds is 7. The van der Waals surface area contributed by atoms with Crippen LogP contribution in [0.15, 0.2) is 72.6 Å². The molecule has 1 aliphatic heterocycles. The maximum Gasteiger partial charge on any atom is 0.295 e. The number of anilines is 1. The first-order valence-corrected chi connectivity index (χ1v) is 11.5. The van der Waals surface area contributed by atoms with Gasteiger partial charge in [-0.2, -0.15) is 0 Å². The quantitative estimate of drug-likeness (QED) is 0.311. The molecule has 1 amide bonds. The van der Waals surface area contributed by atoms with Gasteiger partial charge in [0.2, 0.25) is 0 Å². The highest BCUT2D eigenvalue weighted by molar-refractivity contribution is 6.46. The van der Waals surface area contributed by atoms with E-state index in [9.17, 15) is 14.7 Å². The summed E-state index contributed by atoms with van der Waals surface area (Å²) in [5.41, 5.74) is 3.87. The fraction of sp³-hybridized carbons (Fsp3) is 0.250. The second-order valence-corrected chi connectivity index (χ2v) is 8.69. The molecular formula is C28H29N3O4. The molecule has 1 unspecified atom stereocenters. The second kappa shape index (κ2) is 10.0. The maximum absolute atomic E-state index is 13.3. The van der Waals surface area contributed by atoms with Crippen LogP contribution >= 0.6 is 0 Å². The standard InChI is InChI=1S/C28H29N3O4/c1-5-35-23-13-10-21(15-18(23)2)26(32)24-25(20-8-11-22(12-9-20)30(3)4)31(28(34)27(24)33)17-19-7-6-14-29-16-19/h6-16,25,32H,5,17H2,1-4H3/b26-24-. The van der Waals surface area contributed by atoms with Gasteiger partial charge in [0.15, 0.2) is 0 Å². The van der Waals surface area contributed by atoms with Crippen molar-refractivity contribution >= 4 is 23.1 Å². The molecule has 7 heteroatoms. The zero-order valence-electron chi connectivity index (χ0n) is 20.4. The van der Waals surface area contributed by atoms with E-state index in [1.807, 2.05) is 63.2 Å². The lowest BCUT2D eigenvalue weighted by Gasteiger charge is -2.26. The summed E-state index contributed by atoms with van der Waals surface area (Å²) >= 11 is 0. The van der Waals surface area contributed by atoms with E-state index in [2.05, 4.69) is 4.98 Å². The number of ether oxygens (including phenoxy) is 1. The Bertz CT molecular complexity index is 1270.